The van der Waals surface area contributed by atoms with Gasteiger partial charge >= 0.3 is 0 Å². The first-order valence-electron chi connectivity index (χ1n) is 6.94. The molecule has 1 aliphatic carbocycles. The lowest BCUT2D eigenvalue weighted by molar-refractivity contribution is 0.223. The van der Waals surface area contributed by atoms with Crippen molar-refractivity contribution in [1.29, 1.82) is 0 Å². The average molecular weight is 330 g/mol. The second kappa shape index (κ2) is 6.43. The molecule has 3 atom stereocenters. The Bertz CT molecular complexity index is 371. The standard InChI is InChI=1S/C16H22BrCl/c1-11(2)13-5-8-16(17)14(10-13)9-12-3-6-15(18)7-4-12/h3-4,6-7,11,13-14,16H,5,8-10H2,1-2H3. The molecule has 2 heteroatoms. The fourth-order valence-electron chi connectivity index (χ4n) is 3.00. The summed E-state index contributed by atoms with van der Waals surface area (Å²) in [7, 11) is 0. The maximum absolute atomic E-state index is 5.94. The van der Waals surface area contributed by atoms with Gasteiger partial charge in [0.05, 0.1) is 0 Å². The zero-order valence-corrected chi connectivity index (χ0v) is 13.5. The predicted molar refractivity (Wildman–Crippen MR) is 83.5 cm³/mol. The summed E-state index contributed by atoms with van der Waals surface area (Å²) in [6, 6.07) is 8.34. The monoisotopic (exact) mass is 328 g/mol. The quantitative estimate of drug-likeness (QED) is 0.622. The smallest absolute Gasteiger partial charge is 0.0406 e. The highest BCUT2D eigenvalue weighted by atomic mass is 79.9. The Labute approximate surface area is 124 Å². The van der Waals surface area contributed by atoms with Gasteiger partial charge in [-0.05, 0) is 61.1 Å². The van der Waals surface area contributed by atoms with Gasteiger partial charge in [-0.1, -0.05) is 53.5 Å². The van der Waals surface area contributed by atoms with Crippen molar-refractivity contribution in [2.24, 2.45) is 17.8 Å². The maximum Gasteiger partial charge on any atom is 0.0406 e. The molecular weight excluding hydrogens is 308 g/mol. The zero-order valence-electron chi connectivity index (χ0n) is 11.2. The molecule has 0 aromatic heterocycles. The lowest BCUT2D eigenvalue weighted by Crippen LogP contribution is -2.29. The summed E-state index contributed by atoms with van der Waals surface area (Å²) in [5, 5.41) is 0.831. The lowest BCUT2D eigenvalue weighted by Gasteiger charge is -2.35. The molecule has 0 spiro atoms. The van der Waals surface area contributed by atoms with Crippen LogP contribution in [-0.2, 0) is 6.42 Å². The Morgan fingerprint density at radius 2 is 1.89 bits per heavy atom. The summed E-state index contributed by atoms with van der Waals surface area (Å²) in [5.74, 6) is 2.49. The summed E-state index contributed by atoms with van der Waals surface area (Å²) in [6.45, 7) is 4.72. The van der Waals surface area contributed by atoms with E-state index in [0.29, 0.717) is 4.83 Å². The van der Waals surface area contributed by atoms with Crippen molar-refractivity contribution in [3.8, 4) is 0 Å². The van der Waals surface area contributed by atoms with Crippen LogP contribution in [0.1, 0.15) is 38.7 Å². The van der Waals surface area contributed by atoms with E-state index >= 15 is 0 Å². The normalized spacial score (nSPS) is 28.6. The van der Waals surface area contributed by atoms with Crippen LogP contribution < -0.4 is 0 Å². The fraction of sp³-hybridized carbons (Fsp3) is 0.625. The minimum absolute atomic E-state index is 0.683. The van der Waals surface area contributed by atoms with Crippen molar-refractivity contribution in [3.05, 3.63) is 34.9 Å². The third kappa shape index (κ3) is 3.74. The van der Waals surface area contributed by atoms with Gasteiger partial charge < -0.3 is 0 Å². The molecule has 1 aromatic carbocycles. The summed E-state index contributed by atoms with van der Waals surface area (Å²) in [4.78, 5) is 0.683. The van der Waals surface area contributed by atoms with E-state index in [0.717, 1.165) is 22.8 Å². The Kier molecular flexibility index (Phi) is 5.14. The summed E-state index contributed by atoms with van der Waals surface area (Å²) in [6.07, 6.45) is 5.23. The van der Waals surface area contributed by atoms with Gasteiger partial charge in [0.1, 0.15) is 0 Å². The molecule has 1 aliphatic rings. The molecule has 0 heterocycles. The van der Waals surface area contributed by atoms with E-state index < -0.39 is 0 Å². The third-order valence-corrected chi connectivity index (χ3v) is 5.74. The molecule has 1 aromatic rings. The van der Waals surface area contributed by atoms with Crippen LogP contribution in [0.25, 0.3) is 0 Å². The summed E-state index contributed by atoms with van der Waals surface area (Å²) in [5.41, 5.74) is 1.42. The number of alkyl halides is 1. The van der Waals surface area contributed by atoms with Crippen molar-refractivity contribution < 1.29 is 0 Å². The van der Waals surface area contributed by atoms with E-state index in [1.807, 2.05) is 12.1 Å². The molecule has 0 nitrogen and oxygen atoms in total. The van der Waals surface area contributed by atoms with E-state index in [-0.39, 0.29) is 0 Å². The Morgan fingerprint density at radius 1 is 1.22 bits per heavy atom. The van der Waals surface area contributed by atoms with E-state index in [1.165, 1.54) is 31.2 Å². The van der Waals surface area contributed by atoms with Crippen molar-refractivity contribution >= 4 is 27.5 Å². The van der Waals surface area contributed by atoms with Gasteiger partial charge in [-0.25, -0.2) is 0 Å². The molecular formula is C16H22BrCl. The fourth-order valence-corrected chi connectivity index (χ4v) is 3.80. The van der Waals surface area contributed by atoms with Crippen LogP contribution in [0.3, 0.4) is 0 Å². The Balaban J connectivity index is 2.00. The molecule has 0 saturated heterocycles. The molecule has 0 N–H and O–H groups in total. The van der Waals surface area contributed by atoms with Gasteiger partial charge in [-0.2, -0.15) is 0 Å². The molecule has 100 valence electrons. The van der Waals surface area contributed by atoms with Crippen molar-refractivity contribution in [1.82, 2.24) is 0 Å². The first-order valence-corrected chi connectivity index (χ1v) is 8.24. The largest absolute Gasteiger partial charge is 0.0888 e. The van der Waals surface area contributed by atoms with E-state index in [4.69, 9.17) is 11.6 Å². The van der Waals surface area contributed by atoms with Gasteiger partial charge in [0.2, 0.25) is 0 Å². The van der Waals surface area contributed by atoms with Crippen LogP contribution in [0, 0.1) is 17.8 Å². The highest BCUT2D eigenvalue weighted by Gasteiger charge is 2.30. The highest BCUT2D eigenvalue weighted by Crippen LogP contribution is 2.38. The van der Waals surface area contributed by atoms with Crippen LogP contribution in [0.2, 0.25) is 5.02 Å². The van der Waals surface area contributed by atoms with E-state index in [9.17, 15) is 0 Å². The second-order valence-electron chi connectivity index (χ2n) is 5.92. The number of rotatable bonds is 3. The van der Waals surface area contributed by atoms with Gasteiger partial charge in [0, 0.05) is 9.85 Å². The SMILES string of the molecule is CC(C)C1CCC(Br)C(Cc2ccc(Cl)cc2)C1. The average Bonchev–Trinajstić information content (AvgIpc) is 2.34. The molecule has 3 unspecified atom stereocenters. The van der Waals surface area contributed by atoms with Crippen molar-refractivity contribution in [2.75, 3.05) is 0 Å². The first-order chi connectivity index (χ1) is 8.56. The minimum atomic E-state index is 0.683. The first kappa shape index (κ1) is 14.4. The van der Waals surface area contributed by atoms with Crippen molar-refractivity contribution in [3.63, 3.8) is 0 Å². The number of benzene rings is 1. The topological polar surface area (TPSA) is 0 Å². The van der Waals surface area contributed by atoms with Crippen molar-refractivity contribution in [2.45, 2.75) is 44.4 Å². The lowest BCUT2D eigenvalue weighted by atomic mass is 9.74. The molecule has 0 aliphatic heterocycles. The van der Waals surface area contributed by atoms with Crippen LogP contribution in [0.4, 0.5) is 0 Å². The molecule has 0 amide bonds. The van der Waals surface area contributed by atoms with Gasteiger partial charge in [-0.3, -0.25) is 0 Å². The van der Waals surface area contributed by atoms with Crippen LogP contribution in [0.5, 0.6) is 0 Å². The van der Waals surface area contributed by atoms with E-state index in [1.54, 1.807) is 0 Å². The second-order valence-corrected chi connectivity index (χ2v) is 7.54. The Hall–Kier alpha value is -0.0100. The number of hydrogen-bond donors (Lipinski definition) is 0. The van der Waals surface area contributed by atoms with E-state index in [2.05, 4.69) is 41.9 Å². The Morgan fingerprint density at radius 3 is 2.50 bits per heavy atom. The molecule has 1 fully saturated rings. The van der Waals surface area contributed by atoms with Crippen LogP contribution in [0.15, 0.2) is 24.3 Å². The number of hydrogen-bond acceptors (Lipinski definition) is 0. The third-order valence-electron chi connectivity index (χ3n) is 4.28. The van der Waals surface area contributed by atoms with Gasteiger partial charge in [-0.15, -0.1) is 0 Å². The molecule has 0 bridgehead atoms. The maximum atomic E-state index is 5.94. The number of halogens is 2. The molecule has 1 saturated carbocycles. The minimum Gasteiger partial charge on any atom is -0.0888 e. The van der Waals surface area contributed by atoms with Crippen LogP contribution in [-0.4, -0.2) is 4.83 Å². The summed E-state index contributed by atoms with van der Waals surface area (Å²) >= 11 is 9.82. The zero-order chi connectivity index (χ0) is 13.1. The molecule has 0 radical (unpaired) electrons. The predicted octanol–water partition coefficient (Wildman–Crippen LogP) is 5.72. The summed E-state index contributed by atoms with van der Waals surface area (Å²) < 4.78 is 0. The highest BCUT2D eigenvalue weighted by molar-refractivity contribution is 9.09. The molecule has 18 heavy (non-hydrogen) atoms. The van der Waals surface area contributed by atoms with Gasteiger partial charge in [0.15, 0.2) is 0 Å². The van der Waals surface area contributed by atoms with Crippen LogP contribution >= 0.6 is 27.5 Å². The van der Waals surface area contributed by atoms with Gasteiger partial charge in [0.25, 0.3) is 0 Å². The molecule has 2 rings (SSSR count).